The number of nitrogens with one attached hydrogen (secondary N) is 1. The van der Waals surface area contributed by atoms with Gasteiger partial charge in [-0.25, -0.2) is 4.79 Å². The summed E-state index contributed by atoms with van der Waals surface area (Å²) in [5, 5.41) is 13.8. The number of nitriles is 1. The van der Waals surface area contributed by atoms with E-state index in [1.54, 1.807) is 7.11 Å². The van der Waals surface area contributed by atoms with Crippen molar-refractivity contribution >= 4 is 22.7 Å². The average Bonchev–Trinajstić information content (AvgIpc) is 3.20. The predicted octanol–water partition coefficient (Wildman–Crippen LogP) is 6.83. The lowest BCUT2D eigenvalue weighted by Gasteiger charge is -2.11. The van der Waals surface area contributed by atoms with Gasteiger partial charge < -0.3 is 14.0 Å². The molecule has 1 amide bonds. The van der Waals surface area contributed by atoms with E-state index < -0.39 is 6.09 Å². The lowest BCUT2D eigenvalue weighted by molar-refractivity contribution is 0.161. The summed E-state index contributed by atoms with van der Waals surface area (Å²) in [6, 6.07) is 24.0. The quantitative estimate of drug-likeness (QED) is 0.333. The Morgan fingerprint density at radius 2 is 1.76 bits per heavy atom. The third-order valence-corrected chi connectivity index (χ3v) is 5.71. The van der Waals surface area contributed by atoms with Crippen LogP contribution in [0.3, 0.4) is 0 Å². The number of benzene rings is 3. The second kappa shape index (κ2) is 10.1. The van der Waals surface area contributed by atoms with E-state index in [0.717, 1.165) is 45.5 Å². The normalized spacial score (nSPS) is 10.6. The van der Waals surface area contributed by atoms with Crippen LogP contribution in [-0.2, 0) is 11.3 Å². The van der Waals surface area contributed by atoms with Crippen molar-refractivity contribution in [1.29, 1.82) is 5.26 Å². The number of nitrogens with zero attached hydrogens (tertiary/aromatic N) is 2. The van der Waals surface area contributed by atoms with E-state index in [2.05, 4.69) is 41.1 Å². The number of rotatable bonds is 7. The maximum atomic E-state index is 12.0. The van der Waals surface area contributed by atoms with Crippen molar-refractivity contribution in [2.45, 2.75) is 26.8 Å². The molecule has 1 aromatic heterocycles. The highest BCUT2D eigenvalue weighted by Gasteiger charge is 2.19. The second-order valence-corrected chi connectivity index (χ2v) is 7.89. The van der Waals surface area contributed by atoms with Crippen LogP contribution >= 0.6 is 0 Å². The summed E-state index contributed by atoms with van der Waals surface area (Å²) < 4.78 is 12.6. The van der Waals surface area contributed by atoms with E-state index >= 15 is 0 Å². The Morgan fingerprint density at radius 3 is 2.50 bits per heavy atom. The van der Waals surface area contributed by atoms with E-state index in [1.807, 2.05) is 55.5 Å². The van der Waals surface area contributed by atoms with Gasteiger partial charge in [0, 0.05) is 28.7 Å². The first-order chi connectivity index (χ1) is 16.6. The lowest BCUT2D eigenvalue weighted by atomic mass is 10.0. The molecule has 0 unspecified atom stereocenters. The van der Waals surface area contributed by atoms with Gasteiger partial charge in [0.25, 0.3) is 0 Å². The topological polar surface area (TPSA) is 76.3 Å². The molecule has 34 heavy (non-hydrogen) atoms. The lowest BCUT2D eigenvalue weighted by Crippen LogP contribution is -2.14. The first kappa shape index (κ1) is 22.9. The largest absolute Gasteiger partial charge is 0.497 e. The smallest absolute Gasteiger partial charge is 0.411 e. The van der Waals surface area contributed by atoms with Crippen molar-refractivity contribution in [2.75, 3.05) is 19.0 Å². The minimum absolute atomic E-state index is 0.365. The van der Waals surface area contributed by atoms with Gasteiger partial charge in [-0.05, 0) is 60.9 Å². The molecule has 0 aliphatic rings. The fraction of sp³-hybridized carbons (Fsp3) is 0.214. The van der Waals surface area contributed by atoms with Crippen LogP contribution in [0.4, 0.5) is 10.5 Å². The van der Waals surface area contributed by atoms with E-state index in [-0.39, 0.29) is 0 Å². The molecule has 6 nitrogen and oxygen atoms in total. The van der Waals surface area contributed by atoms with Crippen molar-refractivity contribution in [1.82, 2.24) is 4.57 Å². The zero-order chi connectivity index (χ0) is 24.1. The number of ether oxygens (including phenoxy) is 2. The van der Waals surface area contributed by atoms with E-state index in [9.17, 15) is 10.1 Å². The van der Waals surface area contributed by atoms with Crippen molar-refractivity contribution < 1.29 is 14.3 Å². The molecular weight excluding hydrogens is 426 g/mol. The molecule has 0 atom stereocenters. The van der Waals surface area contributed by atoms with E-state index in [4.69, 9.17) is 9.47 Å². The van der Waals surface area contributed by atoms with E-state index in [1.165, 1.54) is 0 Å². The number of carbonyl (C=O) groups is 1. The van der Waals surface area contributed by atoms with E-state index in [0.29, 0.717) is 24.4 Å². The molecule has 1 heterocycles. The van der Waals surface area contributed by atoms with Gasteiger partial charge in [-0.3, -0.25) is 5.32 Å². The molecule has 1 N–H and O–H groups in total. The van der Waals surface area contributed by atoms with Crippen LogP contribution in [-0.4, -0.2) is 24.4 Å². The molecule has 4 aromatic rings. The second-order valence-electron chi connectivity index (χ2n) is 7.89. The molecule has 0 radical (unpaired) electrons. The van der Waals surface area contributed by atoms with Crippen LogP contribution in [0.15, 0.2) is 66.7 Å². The molecule has 0 saturated carbocycles. The molecule has 0 fully saturated rings. The highest BCUT2D eigenvalue weighted by atomic mass is 16.5. The number of anilines is 1. The number of aryl methyl sites for hydroxylation is 1. The molecule has 6 heteroatoms. The molecule has 0 aliphatic heterocycles. The molecule has 4 rings (SSSR count). The Balaban J connectivity index is 1.81. The van der Waals surface area contributed by atoms with Gasteiger partial charge in [-0.1, -0.05) is 37.3 Å². The minimum Gasteiger partial charge on any atom is -0.497 e. The van der Waals surface area contributed by atoms with Crippen LogP contribution in [0.2, 0.25) is 0 Å². The summed E-state index contributed by atoms with van der Waals surface area (Å²) in [4.78, 5) is 12.0. The number of hydrogen-bond acceptors (Lipinski definition) is 4. The summed E-state index contributed by atoms with van der Waals surface area (Å²) in [5.41, 5.74) is 5.92. The number of methoxy groups -OCH3 is 1. The van der Waals surface area contributed by atoms with Gasteiger partial charge >= 0.3 is 6.09 Å². The maximum absolute atomic E-state index is 12.0. The summed E-state index contributed by atoms with van der Waals surface area (Å²) in [7, 11) is 1.65. The monoisotopic (exact) mass is 453 g/mol. The zero-order valence-corrected chi connectivity index (χ0v) is 19.6. The molecule has 172 valence electrons. The molecule has 0 aliphatic carbocycles. The highest BCUT2D eigenvalue weighted by molar-refractivity contribution is 5.97. The van der Waals surface area contributed by atoms with Gasteiger partial charge in [0.1, 0.15) is 11.8 Å². The molecule has 0 saturated heterocycles. The van der Waals surface area contributed by atoms with Crippen molar-refractivity contribution in [3.05, 3.63) is 72.3 Å². The Bertz CT molecular complexity index is 1380. The van der Waals surface area contributed by atoms with Gasteiger partial charge in [0.05, 0.1) is 25.0 Å². The number of hydrogen-bond donors (Lipinski definition) is 1. The SMILES string of the molecule is CCCOC(=O)Nc1cccc(-c2c(C#N)c3cc(-c4cccc(OC)c4)ccc3n2CC)c1. The van der Waals surface area contributed by atoms with Crippen LogP contribution in [0.1, 0.15) is 25.8 Å². The summed E-state index contributed by atoms with van der Waals surface area (Å²) >= 11 is 0. The van der Waals surface area contributed by atoms with Crippen LogP contribution in [0, 0.1) is 11.3 Å². The maximum Gasteiger partial charge on any atom is 0.411 e. The summed E-state index contributed by atoms with van der Waals surface area (Å²) in [6.45, 7) is 5.07. The number of fused-ring (bicyclic) bond motifs is 1. The zero-order valence-electron chi connectivity index (χ0n) is 19.6. The van der Waals surface area contributed by atoms with Gasteiger partial charge in [0.15, 0.2) is 0 Å². The van der Waals surface area contributed by atoms with Gasteiger partial charge in [0.2, 0.25) is 0 Å². The molecule has 3 aromatic carbocycles. The van der Waals surface area contributed by atoms with Crippen LogP contribution < -0.4 is 10.1 Å². The third kappa shape index (κ3) is 4.46. The first-order valence-electron chi connectivity index (χ1n) is 11.3. The minimum atomic E-state index is -0.488. The number of aromatic nitrogens is 1. The van der Waals surface area contributed by atoms with Gasteiger partial charge in [-0.2, -0.15) is 5.26 Å². The van der Waals surface area contributed by atoms with Crippen LogP contribution in [0.5, 0.6) is 5.75 Å². The van der Waals surface area contributed by atoms with Gasteiger partial charge in [-0.15, -0.1) is 0 Å². The Kier molecular flexibility index (Phi) is 6.84. The standard InChI is InChI=1S/C28H27N3O3/c1-4-14-34-28(32)30-22-10-6-9-21(15-22)27-25(18-29)24-17-20(12-13-26(24)31(27)5-2)19-8-7-11-23(16-19)33-3/h6-13,15-17H,4-5,14H2,1-3H3,(H,30,32). The highest BCUT2D eigenvalue weighted by Crippen LogP contribution is 2.37. The predicted molar refractivity (Wildman–Crippen MR) is 135 cm³/mol. The Morgan fingerprint density at radius 1 is 1.00 bits per heavy atom. The summed E-state index contributed by atoms with van der Waals surface area (Å²) in [5.74, 6) is 0.784. The van der Waals surface area contributed by atoms with Crippen LogP contribution in [0.25, 0.3) is 33.3 Å². The molecular formula is C28H27N3O3. The third-order valence-electron chi connectivity index (χ3n) is 5.71. The summed E-state index contributed by atoms with van der Waals surface area (Å²) in [6.07, 6.45) is 0.270. The Hall–Kier alpha value is -4.24. The van der Waals surface area contributed by atoms with Crippen molar-refractivity contribution in [2.24, 2.45) is 0 Å². The molecule has 0 spiro atoms. The fourth-order valence-corrected chi connectivity index (χ4v) is 4.17. The van der Waals surface area contributed by atoms with Crippen molar-refractivity contribution in [3.63, 3.8) is 0 Å². The Labute approximate surface area is 199 Å². The average molecular weight is 454 g/mol. The number of carbonyl (C=O) groups excluding carboxylic acids is 1. The first-order valence-corrected chi connectivity index (χ1v) is 11.3. The molecule has 0 bridgehead atoms. The van der Waals surface area contributed by atoms with Crippen molar-refractivity contribution in [3.8, 4) is 34.2 Å². The number of amides is 1. The fourth-order valence-electron chi connectivity index (χ4n) is 4.17.